The number of hydrogen-bond acceptors (Lipinski definition) is 4. The van der Waals surface area contributed by atoms with E-state index in [4.69, 9.17) is 0 Å². The molecular weight excluding hydrogens is 286 g/mol. The van der Waals surface area contributed by atoms with Crippen molar-refractivity contribution in [1.29, 1.82) is 0 Å². The number of rotatable bonds is 6. The first-order valence-electron chi connectivity index (χ1n) is 7.58. The number of carbonyl (C=O) groups excluding carboxylic acids is 4. The van der Waals surface area contributed by atoms with Crippen LogP contribution in [0.3, 0.4) is 0 Å². The summed E-state index contributed by atoms with van der Waals surface area (Å²) in [6.07, 6.45) is 5.70. The van der Waals surface area contributed by atoms with Crippen molar-refractivity contribution < 1.29 is 19.2 Å². The van der Waals surface area contributed by atoms with Crippen molar-refractivity contribution in [2.75, 3.05) is 19.6 Å². The van der Waals surface area contributed by atoms with Gasteiger partial charge in [-0.25, -0.2) is 0 Å². The first kappa shape index (κ1) is 16.2. The van der Waals surface area contributed by atoms with E-state index >= 15 is 0 Å². The van der Waals surface area contributed by atoms with Crippen molar-refractivity contribution in [3.05, 3.63) is 12.2 Å². The fourth-order valence-electron chi connectivity index (χ4n) is 2.73. The first-order chi connectivity index (χ1) is 10.5. The van der Waals surface area contributed by atoms with Gasteiger partial charge < -0.3 is 10.6 Å². The summed E-state index contributed by atoms with van der Waals surface area (Å²) in [5.74, 6) is -2.03. The molecule has 2 rings (SSSR count). The lowest BCUT2D eigenvalue weighted by Crippen LogP contribution is -2.44. The van der Waals surface area contributed by atoms with Gasteiger partial charge in [-0.1, -0.05) is 19.1 Å². The molecule has 0 spiro atoms. The topological polar surface area (TPSA) is 95.6 Å². The quantitative estimate of drug-likeness (QED) is 0.514. The third-order valence-electron chi connectivity index (χ3n) is 3.92. The molecule has 120 valence electrons. The lowest BCUT2D eigenvalue weighted by Gasteiger charge is -2.14. The second kappa shape index (κ2) is 7.20. The van der Waals surface area contributed by atoms with E-state index in [1.807, 2.05) is 19.1 Å². The number of nitrogens with zero attached hydrogens (tertiary/aromatic N) is 1. The number of allylic oxidation sites excluding steroid dienone is 2. The predicted molar refractivity (Wildman–Crippen MR) is 78.4 cm³/mol. The highest BCUT2D eigenvalue weighted by molar-refractivity contribution is 6.07. The maximum Gasteiger partial charge on any atom is 0.240 e. The van der Waals surface area contributed by atoms with Crippen LogP contribution in [0.25, 0.3) is 0 Å². The highest BCUT2D eigenvalue weighted by atomic mass is 16.2. The average molecular weight is 307 g/mol. The molecule has 0 saturated carbocycles. The molecule has 7 nitrogen and oxygen atoms in total. The molecule has 2 atom stereocenters. The molecule has 1 saturated heterocycles. The summed E-state index contributed by atoms with van der Waals surface area (Å²) in [6, 6.07) is 0. The molecule has 1 fully saturated rings. The third-order valence-corrected chi connectivity index (χ3v) is 3.92. The van der Waals surface area contributed by atoms with Crippen LogP contribution in [0.1, 0.15) is 26.2 Å². The summed E-state index contributed by atoms with van der Waals surface area (Å²) in [5, 5.41) is 5.06. The van der Waals surface area contributed by atoms with Crippen LogP contribution in [0.4, 0.5) is 0 Å². The largest absolute Gasteiger partial charge is 0.355 e. The lowest BCUT2D eigenvalue weighted by molar-refractivity contribution is -0.143. The number of likely N-dealkylation sites (tertiary alicyclic amines) is 1. The summed E-state index contributed by atoms with van der Waals surface area (Å²) in [7, 11) is 0. The molecule has 0 unspecified atom stereocenters. The zero-order valence-electron chi connectivity index (χ0n) is 12.6. The number of hydrogen-bond donors (Lipinski definition) is 2. The normalized spacial score (nSPS) is 23.4. The predicted octanol–water partition coefficient (Wildman–Crippen LogP) is -0.420. The van der Waals surface area contributed by atoms with E-state index in [2.05, 4.69) is 10.6 Å². The van der Waals surface area contributed by atoms with Gasteiger partial charge in [0, 0.05) is 6.54 Å². The van der Waals surface area contributed by atoms with Crippen molar-refractivity contribution in [2.24, 2.45) is 11.8 Å². The van der Waals surface area contributed by atoms with E-state index in [9.17, 15) is 19.2 Å². The van der Waals surface area contributed by atoms with Crippen LogP contribution in [-0.2, 0) is 19.2 Å². The standard InChI is InChI=1S/C15H21N3O4/c1-2-7-16-12(19)8-17-13(20)9-18-14(21)10-5-3-4-6-11(10)15(18)22/h3-4,10-11H,2,5-9H2,1H3,(H,16,19)(H,17,20)/t10-,11-/m0/s1. The molecule has 1 aliphatic heterocycles. The molecule has 4 amide bonds. The Balaban J connectivity index is 1.83. The van der Waals surface area contributed by atoms with Crippen LogP contribution < -0.4 is 10.6 Å². The van der Waals surface area contributed by atoms with Gasteiger partial charge in [-0.3, -0.25) is 24.1 Å². The number of amides is 4. The Morgan fingerprint density at radius 1 is 1.09 bits per heavy atom. The van der Waals surface area contributed by atoms with Crippen molar-refractivity contribution in [1.82, 2.24) is 15.5 Å². The van der Waals surface area contributed by atoms with Gasteiger partial charge in [0.1, 0.15) is 6.54 Å². The maximum absolute atomic E-state index is 12.2. The molecule has 0 aromatic carbocycles. The van der Waals surface area contributed by atoms with Crippen LogP contribution >= 0.6 is 0 Å². The van der Waals surface area contributed by atoms with Gasteiger partial charge in [-0.05, 0) is 19.3 Å². The molecule has 2 N–H and O–H groups in total. The van der Waals surface area contributed by atoms with E-state index < -0.39 is 5.91 Å². The van der Waals surface area contributed by atoms with Crippen LogP contribution in [0, 0.1) is 11.8 Å². The van der Waals surface area contributed by atoms with Crippen LogP contribution in [0.5, 0.6) is 0 Å². The van der Waals surface area contributed by atoms with Gasteiger partial charge in [-0.2, -0.15) is 0 Å². The van der Waals surface area contributed by atoms with Crippen molar-refractivity contribution in [2.45, 2.75) is 26.2 Å². The Hall–Kier alpha value is -2.18. The number of nitrogens with one attached hydrogen (secondary N) is 2. The Bertz CT molecular complexity index is 489. The molecule has 0 bridgehead atoms. The van der Waals surface area contributed by atoms with Gasteiger partial charge in [0.15, 0.2) is 0 Å². The Labute approximate surface area is 129 Å². The fourth-order valence-corrected chi connectivity index (χ4v) is 2.73. The lowest BCUT2D eigenvalue weighted by atomic mass is 9.85. The van der Waals surface area contributed by atoms with E-state index in [-0.39, 0.29) is 42.6 Å². The summed E-state index contributed by atoms with van der Waals surface area (Å²) in [5.41, 5.74) is 0. The van der Waals surface area contributed by atoms with Crippen LogP contribution in [-0.4, -0.2) is 48.2 Å². The minimum Gasteiger partial charge on any atom is -0.355 e. The first-order valence-corrected chi connectivity index (χ1v) is 7.58. The second-order valence-electron chi connectivity index (χ2n) is 5.55. The summed E-state index contributed by atoms with van der Waals surface area (Å²) >= 11 is 0. The number of carbonyl (C=O) groups is 4. The SMILES string of the molecule is CCCNC(=O)CNC(=O)CN1C(=O)[C@H]2CC=CC[C@@H]2C1=O. The smallest absolute Gasteiger partial charge is 0.240 e. The summed E-state index contributed by atoms with van der Waals surface area (Å²) in [6.45, 7) is 2.01. The molecule has 1 aliphatic carbocycles. The molecule has 0 aromatic rings. The number of fused-ring (bicyclic) bond motifs is 1. The van der Waals surface area contributed by atoms with Crippen LogP contribution in [0.2, 0.25) is 0 Å². The monoisotopic (exact) mass is 307 g/mol. The van der Waals surface area contributed by atoms with E-state index in [0.29, 0.717) is 19.4 Å². The molecule has 0 aromatic heterocycles. The van der Waals surface area contributed by atoms with Gasteiger partial charge in [0.25, 0.3) is 0 Å². The maximum atomic E-state index is 12.2. The zero-order valence-corrected chi connectivity index (χ0v) is 12.6. The van der Waals surface area contributed by atoms with Crippen molar-refractivity contribution in [3.63, 3.8) is 0 Å². The average Bonchev–Trinajstić information content (AvgIpc) is 2.76. The minimum absolute atomic E-state index is 0.149. The number of imide groups is 1. The zero-order chi connectivity index (χ0) is 16.1. The fraction of sp³-hybridized carbons (Fsp3) is 0.600. The molecule has 7 heteroatoms. The van der Waals surface area contributed by atoms with Crippen LogP contribution in [0.15, 0.2) is 12.2 Å². The molecule has 2 aliphatic rings. The highest BCUT2D eigenvalue weighted by Gasteiger charge is 2.47. The summed E-state index contributed by atoms with van der Waals surface area (Å²) in [4.78, 5) is 48.6. The van der Waals surface area contributed by atoms with E-state index in [1.165, 1.54) is 0 Å². The van der Waals surface area contributed by atoms with E-state index in [0.717, 1.165) is 11.3 Å². The minimum atomic E-state index is -0.500. The molecule has 0 radical (unpaired) electrons. The summed E-state index contributed by atoms with van der Waals surface area (Å²) < 4.78 is 0. The Kier molecular flexibility index (Phi) is 5.30. The highest BCUT2D eigenvalue weighted by Crippen LogP contribution is 2.34. The second-order valence-corrected chi connectivity index (χ2v) is 5.55. The van der Waals surface area contributed by atoms with Gasteiger partial charge in [-0.15, -0.1) is 0 Å². The van der Waals surface area contributed by atoms with Crippen molar-refractivity contribution in [3.8, 4) is 0 Å². The van der Waals surface area contributed by atoms with E-state index in [1.54, 1.807) is 0 Å². The molecule has 1 heterocycles. The van der Waals surface area contributed by atoms with Gasteiger partial charge >= 0.3 is 0 Å². The third kappa shape index (κ3) is 3.52. The molecular formula is C15H21N3O4. The Morgan fingerprint density at radius 2 is 1.68 bits per heavy atom. The molecule has 22 heavy (non-hydrogen) atoms. The van der Waals surface area contributed by atoms with Crippen molar-refractivity contribution >= 4 is 23.6 Å². The van der Waals surface area contributed by atoms with Gasteiger partial charge in [0.05, 0.1) is 18.4 Å². The van der Waals surface area contributed by atoms with Gasteiger partial charge in [0.2, 0.25) is 23.6 Å². The Morgan fingerprint density at radius 3 is 2.23 bits per heavy atom.